The normalized spacial score (nSPS) is 11.2. The molecule has 0 amide bonds. The number of methoxy groups -OCH3 is 4. The van der Waals surface area contributed by atoms with Gasteiger partial charge in [-0.15, -0.1) is 11.3 Å². The van der Waals surface area contributed by atoms with Crippen LogP contribution in [-0.2, 0) is 14.1 Å². The van der Waals surface area contributed by atoms with Crippen LogP contribution in [0, 0.1) is 40.4 Å². The zero-order valence-electron chi connectivity index (χ0n) is 90.3. The average molecular weight is 1940 g/mol. The van der Waals surface area contributed by atoms with Crippen molar-refractivity contribution in [1.82, 2.24) is 89.3 Å². The third kappa shape index (κ3) is 54.0. The van der Waals surface area contributed by atoms with Gasteiger partial charge in [-0.05, 0) is 171 Å². The highest BCUT2D eigenvalue weighted by molar-refractivity contribution is 7.11. The molecule has 0 aliphatic rings. The van der Waals surface area contributed by atoms with Crippen LogP contribution >= 0.6 is 11.3 Å². The van der Waals surface area contributed by atoms with E-state index in [1.165, 1.54) is 62.1 Å². The van der Waals surface area contributed by atoms with Gasteiger partial charge in [-0.25, -0.2) is 44.3 Å². The molecule has 0 bridgehead atoms. The van der Waals surface area contributed by atoms with Crippen LogP contribution in [0.25, 0.3) is 0 Å². The number of halogens is 1. The predicted molar refractivity (Wildman–Crippen MR) is 559 cm³/mol. The summed E-state index contributed by atoms with van der Waals surface area (Å²) in [5.74, 6) is 8.33. The van der Waals surface area contributed by atoms with Crippen molar-refractivity contribution in [1.29, 1.82) is 0 Å². The molecular formula is C108H167FN18O11S. The van der Waals surface area contributed by atoms with E-state index in [9.17, 15) is 14.6 Å². The predicted octanol–water partition coefficient (Wildman–Crippen LogP) is 23.5. The van der Waals surface area contributed by atoms with Gasteiger partial charge in [-0.3, -0.25) is 24.3 Å². The molecule has 0 spiro atoms. The zero-order chi connectivity index (χ0) is 105. The first-order chi connectivity index (χ1) is 65.5. The van der Waals surface area contributed by atoms with Gasteiger partial charge in [0.1, 0.15) is 49.6 Å². The number of aliphatic hydroxyl groups is 4. The Morgan fingerprint density at radius 1 is 0.396 bits per heavy atom. The molecule has 1 aromatic carbocycles. The molecule has 768 valence electrons. The highest BCUT2D eigenvalue weighted by atomic mass is 32.1. The van der Waals surface area contributed by atoms with E-state index < -0.39 is 18.3 Å². The van der Waals surface area contributed by atoms with E-state index in [4.69, 9.17) is 43.4 Å². The average Bonchev–Trinajstić information content (AvgIpc) is 1.78. The number of aromatic nitrogens is 18. The van der Waals surface area contributed by atoms with E-state index in [0.29, 0.717) is 119 Å². The molecule has 12 rings (SSSR count). The number of pyridine rings is 3. The molecule has 0 fully saturated rings. The minimum absolute atomic E-state index is 0.0953. The Kier molecular flexibility index (Phi) is 62.6. The van der Waals surface area contributed by atoms with Crippen molar-refractivity contribution in [3.05, 3.63) is 254 Å². The lowest BCUT2D eigenvalue weighted by atomic mass is 9.99. The summed E-state index contributed by atoms with van der Waals surface area (Å²) in [4.78, 5) is 59.1. The van der Waals surface area contributed by atoms with E-state index in [-0.39, 0.29) is 38.2 Å². The number of nitrogens with zero attached hydrogens (tertiary/aromatic N) is 18. The number of aryl methyl sites for hydroxylation is 7. The van der Waals surface area contributed by atoms with Crippen LogP contribution in [0.4, 0.5) is 4.39 Å². The Hall–Kier alpha value is -11.5. The Bertz CT molecular complexity index is 5040. The van der Waals surface area contributed by atoms with Gasteiger partial charge in [0.2, 0.25) is 17.6 Å². The van der Waals surface area contributed by atoms with E-state index in [2.05, 4.69) is 283 Å². The maximum absolute atomic E-state index is 12.5. The molecule has 11 heterocycles. The van der Waals surface area contributed by atoms with E-state index in [1.807, 2.05) is 144 Å². The minimum atomic E-state index is -0.833. The molecule has 11 aromatic heterocycles. The Morgan fingerprint density at radius 3 is 1.35 bits per heavy atom. The molecule has 139 heavy (non-hydrogen) atoms. The van der Waals surface area contributed by atoms with Crippen molar-refractivity contribution in [3.63, 3.8) is 0 Å². The molecule has 0 saturated heterocycles. The number of benzene rings is 1. The van der Waals surface area contributed by atoms with Crippen LogP contribution in [-0.4, -0.2) is 183 Å². The maximum Gasteiger partial charge on any atom is 0.319 e. The summed E-state index contributed by atoms with van der Waals surface area (Å²) < 4.78 is 51.9. The highest BCUT2D eigenvalue weighted by Gasteiger charge is 2.15. The standard InChI is InChI=1S/C12H20N2O2.C11H18N2O2.C11H17NO3.C10H14.C9H14N2O2.C9H13N.C8H10FN.2C8H12N2O.C8H13NS.2C7H12N2/c1-5-10(15)7-16-11-6-9(4)13-12(14-11)8(2)3;1-4-9(14)7-15-11-12-6-5-10(13-11)8(2)3;1-8(2)11-5-10(3-4-12-11)15-7-9(14)6-13;1-8(2)10-7-5-4-6-9(10)3;1-6(2)7-5-8(12-3)11-9(10-7)13-4;1-7(2)9-5-4-8(3)6-10-9;1-6(2)7-3-8(9)5-10-4-7;1-6(2)7-4-8(11-3)10-5-9-7;1-6(2)7-4-5-9-8(10-7)11-3;1-5(2)8-9-6(3)7(4)10-8;1-6(2)7-4-8-9(3)5-7;1-6(2)7-4-5-9(3)8-7/h6,8,10,15H,5,7H2,1-4H3;5-6,8-9,14H,4,7H2,1-3H3;3-5,8-9,13-14H,6-7H2,1-2H3;4-8H,1-3H3;5-6H,1-4H3;4-7H,1-3H3;3-6H,1-2H3;2*4-6H,1-3H3;5H,1-4H3;2*4-6H,1-3H3. The smallest absolute Gasteiger partial charge is 0.319 e. The molecular weight excluding hydrogens is 1780 g/mol. The Balaban J connectivity index is 0.000000761. The largest absolute Gasteiger partial charge is 0.491 e. The first kappa shape index (κ1) is 125. The lowest BCUT2D eigenvalue weighted by Crippen LogP contribution is -2.21. The second kappa shape index (κ2) is 69.3. The van der Waals surface area contributed by atoms with Gasteiger partial charge in [-0.2, -0.15) is 25.1 Å². The molecule has 0 aliphatic carbocycles. The number of aliphatic hydroxyl groups excluding tert-OH is 4. The fraction of sp³-hybridized carbons (Fsp3) is 0.537. The van der Waals surface area contributed by atoms with Crippen LogP contribution in [0.15, 0.2) is 153 Å². The summed E-state index contributed by atoms with van der Waals surface area (Å²) in [5, 5.41) is 46.0. The van der Waals surface area contributed by atoms with Crippen molar-refractivity contribution in [2.45, 2.75) is 317 Å². The van der Waals surface area contributed by atoms with Gasteiger partial charge in [-0.1, -0.05) is 210 Å². The summed E-state index contributed by atoms with van der Waals surface area (Å²) in [6, 6.07) is 30.2. The van der Waals surface area contributed by atoms with Gasteiger partial charge >= 0.3 is 18.0 Å². The summed E-state index contributed by atoms with van der Waals surface area (Å²) in [6.45, 7) is 65.0. The fourth-order valence-electron chi connectivity index (χ4n) is 10.8. The van der Waals surface area contributed by atoms with Crippen LogP contribution in [0.5, 0.6) is 41.4 Å². The third-order valence-electron chi connectivity index (χ3n) is 19.9. The van der Waals surface area contributed by atoms with Crippen molar-refractivity contribution < 1.29 is 58.0 Å². The third-order valence-corrected chi connectivity index (χ3v) is 21.3. The summed E-state index contributed by atoms with van der Waals surface area (Å²) in [5.41, 5.74) is 15.6. The topological polar surface area (TPSA) is 362 Å². The monoisotopic (exact) mass is 1940 g/mol. The van der Waals surface area contributed by atoms with Crippen molar-refractivity contribution in [2.24, 2.45) is 14.1 Å². The van der Waals surface area contributed by atoms with Crippen LogP contribution < -0.4 is 33.2 Å². The lowest BCUT2D eigenvalue weighted by Gasteiger charge is -2.11. The van der Waals surface area contributed by atoms with Gasteiger partial charge in [0, 0.05) is 116 Å². The maximum atomic E-state index is 12.5. The van der Waals surface area contributed by atoms with Crippen molar-refractivity contribution in [3.8, 4) is 41.4 Å². The quantitative estimate of drug-likeness (QED) is 0.0354. The zero-order valence-corrected chi connectivity index (χ0v) is 91.1. The minimum Gasteiger partial charge on any atom is -0.491 e. The first-order valence-electron chi connectivity index (χ1n) is 47.9. The molecule has 29 nitrogen and oxygen atoms in total. The molecule has 0 radical (unpaired) electrons. The molecule has 0 saturated carbocycles. The summed E-state index contributed by atoms with van der Waals surface area (Å²) in [6.07, 6.45) is 17.0. The Labute approximate surface area is 834 Å². The van der Waals surface area contributed by atoms with Crippen LogP contribution in [0.1, 0.15) is 359 Å². The van der Waals surface area contributed by atoms with Gasteiger partial charge < -0.3 is 53.6 Å². The van der Waals surface area contributed by atoms with E-state index in [0.717, 1.165) is 51.2 Å². The van der Waals surface area contributed by atoms with Gasteiger partial charge in [0.05, 0.1) is 98.8 Å². The van der Waals surface area contributed by atoms with Crippen LogP contribution in [0.2, 0.25) is 0 Å². The SMILES string of the molecule is CC(C)c1cc(OCC(O)CO)ccn1.CC(C)c1ccn(C)n1.CC(C)c1cncc(F)c1.CC(C)c1cnn(C)c1.CCC(O)COc1cc(C)nc(C(C)C)n1.CCC(O)COc1nccc(C(C)C)n1.COc1cc(C(C)C)nc(OC)n1.COc1cc(C(C)C)ncn1.COc1nccc(C(C)C)n1.Cc1ccc(C(C)C)nc1.Cc1ccccc1C(C)C.Cc1nc(C(C)C)sc1C. The second-order valence-corrected chi connectivity index (χ2v) is 37.8. The van der Waals surface area contributed by atoms with E-state index >= 15 is 0 Å². The van der Waals surface area contributed by atoms with Crippen molar-refractivity contribution in [2.75, 3.05) is 54.9 Å². The van der Waals surface area contributed by atoms with E-state index in [1.54, 1.807) is 65.4 Å². The molecule has 3 unspecified atom stereocenters. The number of hydrogen-bond acceptors (Lipinski definition) is 28. The number of hydrogen-bond donors (Lipinski definition) is 4. The van der Waals surface area contributed by atoms with Crippen molar-refractivity contribution >= 4 is 11.3 Å². The van der Waals surface area contributed by atoms with Gasteiger partial charge in [0.15, 0.2) is 0 Å². The molecule has 0 aliphatic heterocycles. The molecule has 3 atom stereocenters. The molecule has 12 aromatic rings. The number of thiazole rings is 1. The molecule has 31 heteroatoms. The summed E-state index contributed by atoms with van der Waals surface area (Å²) in [7, 11) is 10.2. The molecule has 4 N–H and O–H groups in total. The summed E-state index contributed by atoms with van der Waals surface area (Å²) >= 11 is 1.81. The van der Waals surface area contributed by atoms with Crippen LogP contribution in [0.3, 0.4) is 0 Å². The first-order valence-corrected chi connectivity index (χ1v) is 48.8. The lowest BCUT2D eigenvalue weighted by molar-refractivity contribution is 0.0535. The van der Waals surface area contributed by atoms with Gasteiger partial charge in [0.25, 0.3) is 0 Å². The second-order valence-electron chi connectivity index (χ2n) is 36.5. The fourth-order valence-corrected chi connectivity index (χ4v) is 11.7. The number of rotatable bonds is 28. The number of ether oxygens (including phenoxy) is 7. The Morgan fingerprint density at radius 2 is 0.928 bits per heavy atom. The highest BCUT2D eigenvalue weighted by Crippen LogP contribution is 2.26.